The fraction of sp³-hybridized carbons (Fsp3) is 0.909. The van der Waals surface area contributed by atoms with Gasteiger partial charge >= 0.3 is 19.8 Å². The number of unbranched alkanes of at least 4 members (excludes halogenated alkanes) is 20. The summed E-state index contributed by atoms with van der Waals surface area (Å²) in [5.74, 6) is -0.871. The van der Waals surface area contributed by atoms with Gasteiger partial charge in [-0.05, 0) is 19.3 Å². The number of carbonyl (C=O) groups is 3. The van der Waals surface area contributed by atoms with Crippen molar-refractivity contribution in [3.05, 3.63) is 0 Å². The first-order valence-corrected chi connectivity index (χ1v) is 19.0. The molecule has 1 amide bonds. The summed E-state index contributed by atoms with van der Waals surface area (Å²) >= 11 is 0. The summed E-state index contributed by atoms with van der Waals surface area (Å²) in [5, 5.41) is 2.82. The summed E-state index contributed by atoms with van der Waals surface area (Å²) in [6, 6.07) is 0. The topological polar surface area (TPSA) is 148 Å². The molecule has 0 spiro atoms. The van der Waals surface area contributed by atoms with E-state index in [1.54, 1.807) is 6.92 Å². The monoisotopic (exact) mass is 649 g/mol. The van der Waals surface area contributed by atoms with Crippen LogP contribution in [0.15, 0.2) is 0 Å². The van der Waals surface area contributed by atoms with Crippen molar-refractivity contribution in [1.82, 2.24) is 5.32 Å². The van der Waals surface area contributed by atoms with Crippen molar-refractivity contribution < 1.29 is 42.7 Å². The maximum atomic E-state index is 12.3. The van der Waals surface area contributed by atoms with Crippen molar-refractivity contribution in [2.24, 2.45) is 0 Å². The number of phosphoric acid groups is 1. The average molecular weight is 650 g/mol. The van der Waals surface area contributed by atoms with E-state index in [1.807, 2.05) is 0 Å². The van der Waals surface area contributed by atoms with Crippen LogP contribution >= 0.6 is 7.82 Å². The van der Waals surface area contributed by atoms with E-state index in [1.165, 1.54) is 77.0 Å². The van der Waals surface area contributed by atoms with Gasteiger partial charge in [0.05, 0.1) is 6.61 Å². The molecule has 0 aliphatic heterocycles. The van der Waals surface area contributed by atoms with Crippen LogP contribution in [-0.2, 0) is 32.9 Å². The second kappa shape index (κ2) is 30.2. The number of nitrogens with one attached hydrogen (secondary N) is 1. The maximum absolute atomic E-state index is 12.3. The van der Waals surface area contributed by atoms with Gasteiger partial charge in [0.1, 0.15) is 6.61 Å². The van der Waals surface area contributed by atoms with Gasteiger partial charge in [-0.15, -0.1) is 0 Å². The smallest absolute Gasteiger partial charge is 0.462 e. The van der Waals surface area contributed by atoms with Crippen molar-refractivity contribution in [3.63, 3.8) is 0 Å². The minimum absolute atomic E-state index is 0.0384. The zero-order valence-electron chi connectivity index (χ0n) is 27.9. The first-order chi connectivity index (χ1) is 21.1. The van der Waals surface area contributed by atoms with E-state index in [-0.39, 0.29) is 25.4 Å². The number of esters is 2. The molecule has 0 saturated heterocycles. The summed E-state index contributed by atoms with van der Waals surface area (Å²) in [7, 11) is -4.75. The molecule has 44 heavy (non-hydrogen) atoms. The highest BCUT2D eigenvalue weighted by Gasteiger charge is 2.22. The van der Waals surface area contributed by atoms with E-state index in [9.17, 15) is 18.9 Å². The highest BCUT2D eigenvalue weighted by atomic mass is 31.2. The lowest BCUT2D eigenvalue weighted by atomic mass is 10.0. The normalized spacial score (nSPS) is 12.2. The Balaban J connectivity index is 3.91. The second-order valence-corrected chi connectivity index (χ2v) is 13.2. The number of ether oxygens (including phenoxy) is 2. The van der Waals surface area contributed by atoms with E-state index in [4.69, 9.17) is 19.3 Å². The van der Waals surface area contributed by atoms with Crippen molar-refractivity contribution in [2.75, 3.05) is 19.8 Å². The summed E-state index contributed by atoms with van der Waals surface area (Å²) in [6.45, 7) is 3.70. The van der Waals surface area contributed by atoms with Gasteiger partial charge in [-0.25, -0.2) is 4.57 Å². The molecule has 0 aromatic rings. The third-order valence-electron chi connectivity index (χ3n) is 7.57. The number of hydrogen-bond acceptors (Lipinski definition) is 7. The number of phosphoric ester groups is 1. The van der Waals surface area contributed by atoms with Crippen LogP contribution in [0.3, 0.4) is 0 Å². The molecule has 10 nitrogen and oxygen atoms in total. The molecular formula is C33H64NO9P. The molecule has 0 fully saturated rings. The highest BCUT2D eigenvalue weighted by Crippen LogP contribution is 2.36. The number of carbonyl (C=O) groups excluding carboxylic acids is 3. The van der Waals surface area contributed by atoms with Gasteiger partial charge < -0.3 is 24.6 Å². The molecule has 0 saturated carbocycles. The van der Waals surface area contributed by atoms with Gasteiger partial charge in [0.15, 0.2) is 6.10 Å². The standard InChI is InChI=1S/C33H64NO9P/c1-3-4-5-6-7-8-13-17-20-23-26-33(37)43-31(29-42-44(38,39)40)28-41-32(36)25-22-19-16-14-11-9-10-12-15-18-21-24-27-34-30(2)35/h31H,3-29H2,1-2H3,(H,34,35)(H2,38,39,40)/t31-/m1/s1. The lowest BCUT2D eigenvalue weighted by Gasteiger charge is -2.18. The van der Waals surface area contributed by atoms with Crippen molar-refractivity contribution in [1.29, 1.82) is 0 Å². The number of rotatable bonds is 32. The van der Waals surface area contributed by atoms with Gasteiger partial charge in [-0.2, -0.15) is 0 Å². The van der Waals surface area contributed by atoms with Gasteiger partial charge in [-0.1, -0.05) is 129 Å². The van der Waals surface area contributed by atoms with E-state index >= 15 is 0 Å². The summed E-state index contributed by atoms with van der Waals surface area (Å²) < 4.78 is 26.2. The Morgan fingerprint density at radius 3 is 1.45 bits per heavy atom. The van der Waals surface area contributed by atoms with Gasteiger partial charge in [-0.3, -0.25) is 18.9 Å². The van der Waals surface area contributed by atoms with Crippen LogP contribution in [0.5, 0.6) is 0 Å². The Labute approximate surface area is 267 Å². The predicted molar refractivity (Wildman–Crippen MR) is 174 cm³/mol. The third-order valence-corrected chi connectivity index (χ3v) is 8.06. The second-order valence-electron chi connectivity index (χ2n) is 12.0. The lowest BCUT2D eigenvalue weighted by molar-refractivity contribution is -0.161. The zero-order valence-corrected chi connectivity index (χ0v) is 28.8. The molecule has 260 valence electrons. The number of hydrogen-bond donors (Lipinski definition) is 3. The van der Waals surface area contributed by atoms with Crippen LogP contribution in [0.25, 0.3) is 0 Å². The Bertz CT molecular complexity index is 760. The SMILES string of the molecule is CCCCCCCCCCCCC(=O)O[C@H](COC(=O)CCCCCCCCCCCCCCNC(C)=O)COP(=O)(O)O. The van der Waals surface area contributed by atoms with Gasteiger partial charge in [0.2, 0.25) is 5.91 Å². The number of amides is 1. The van der Waals surface area contributed by atoms with Crippen molar-refractivity contribution >= 4 is 25.7 Å². The molecular weight excluding hydrogens is 585 g/mol. The van der Waals surface area contributed by atoms with Crippen LogP contribution in [0.2, 0.25) is 0 Å². The van der Waals surface area contributed by atoms with Crippen LogP contribution in [-0.4, -0.2) is 53.5 Å². The van der Waals surface area contributed by atoms with Crippen molar-refractivity contribution in [3.8, 4) is 0 Å². The molecule has 0 aliphatic rings. The first kappa shape index (κ1) is 42.5. The summed E-state index contributed by atoms with van der Waals surface area (Å²) in [5.41, 5.74) is 0. The molecule has 0 heterocycles. The third kappa shape index (κ3) is 33.4. The highest BCUT2D eigenvalue weighted by molar-refractivity contribution is 7.46. The van der Waals surface area contributed by atoms with E-state index < -0.39 is 32.5 Å². The minimum Gasteiger partial charge on any atom is -0.462 e. The molecule has 0 aromatic carbocycles. The quantitative estimate of drug-likeness (QED) is 0.0374. The van der Waals surface area contributed by atoms with Crippen LogP contribution < -0.4 is 5.32 Å². The fourth-order valence-corrected chi connectivity index (χ4v) is 5.34. The Hall–Kier alpha value is -1.48. The molecule has 11 heteroatoms. The van der Waals surface area contributed by atoms with Crippen molar-refractivity contribution in [2.45, 2.75) is 174 Å². The average Bonchev–Trinajstić information content (AvgIpc) is 2.96. The molecule has 1 atom stereocenters. The lowest BCUT2D eigenvalue weighted by Crippen LogP contribution is -2.29. The Morgan fingerprint density at radius 2 is 1.02 bits per heavy atom. The molecule has 0 aliphatic carbocycles. The molecule has 0 aromatic heterocycles. The largest absolute Gasteiger partial charge is 0.469 e. The van der Waals surface area contributed by atoms with Crippen LogP contribution in [0.1, 0.15) is 168 Å². The molecule has 0 radical (unpaired) electrons. The molecule has 0 bridgehead atoms. The van der Waals surface area contributed by atoms with Crippen LogP contribution in [0, 0.1) is 0 Å². The van der Waals surface area contributed by atoms with E-state index in [0.717, 1.165) is 57.9 Å². The molecule has 3 N–H and O–H groups in total. The minimum atomic E-state index is -4.75. The van der Waals surface area contributed by atoms with Gasteiger partial charge in [0.25, 0.3) is 0 Å². The van der Waals surface area contributed by atoms with Gasteiger partial charge in [0, 0.05) is 26.3 Å². The fourth-order valence-electron chi connectivity index (χ4n) is 4.98. The van der Waals surface area contributed by atoms with E-state index in [2.05, 4.69) is 16.8 Å². The summed E-state index contributed by atoms with van der Waals surface area (Å²) in [6.07, 6.45) is 24.3. The summed E-state index contributed by atoms with van der Waals surface area (Å²) in [4.78, 5) is 53.3. The Kier molecular flexibility index (Phi) is 29.2. The first-order valence-electron chi connectivity index (χ1n) is 17.4. The predicted octanol–water partition coefficient (Wildman–Crippen LogP) is 8.07. The van der Waals surface area contributed by atoms with E-state index in [0.29, 0.717) is 12.8 Å². The molecule has 0 unspecified atom stereocenters. The maximum Gasteiger partial charge on any atom is 0.469 e. The van der Waals surface area contributed by atoms with Crippen LogP contribution in [0.4, 0.5) is 0 Å². The molecule has 0 rings (SSSR count). The zero-order chi connectivity index (χ0) is 32.7. The Morgan fingerprint density at radius 1 is 0.614 bits per heavy atom.